The van der Waals surface area contributed by atoms with Gasteiger partial charge in [0.05, 0.1) is 17.4 Å². The molecular weight excluding hydrogens is 348 g/mol. The van der Waals surface area contributed by atoms with Crippen molar-refractivity contribution < 1.29 is 0 Å². The van der Waals surface area contributed by atoms with Crippen LogP contribution >= 0.6 is 31.9 Å². The fraction of sp³-hybridized carbons (Fsp3) is 0.273. The van der Waals surface area contributed by atoms with Crippen molar-refractivity contribution in [1.82, 2.24) is 15.0 Å². The Morgan fingerprint density at radius 2 is 2.00 bits per heavy atom. The van der Waals surface area contributed by atoms with Crippen LogP contribution in [0.2, 0.25) is 0 Å². The van der Waals surface area contributed by atoms with Crippen LogP contribution in [0.3, 0.4) is 0 Å². The monoisotopic (exact) mass is 358 g/mol. The van der Waals surface area contributed by atoms with Gasteiger partial charge < -0.3 is 5.73 Å². The van der Waals surface area contributed by atoms with Crippen LogP contribution in [0.4, 0.5) is 0 Å². The van der Waals surface area contributed by atoms with Gasteiger partial charge in [-0.25, -0.2) is 4.68 Å². The zero-order chi connectivity index (χ0) is 12.6. The van der Waals surface area contributed by atoms with Gasteiger partial charge in [-0.1, -0.05) is 21.1 Å². The first kappa shape index (κ1) is 12.7. The summed E-state index contributed by atoms with van der Waals surface area (Å²) < 4.78 is 3.66. The van der Waals surface area contributed by atoms with Crippen LogP contribution in [-0.2, 0) is 5.54 Å². The minimum Gasteiger partial charge on any atom is -0.320 e. The molecule has 2 rings (SSSR count). The molecule has 0 saturated heterocycles. The van der Waals surface area contributed by atoms with Gasteiger partial charge >= 0.3 is 0 Å². The molecule has 0 amide bonds. The summed E-state index contributed by atoms with van der Waals surface area (Å²) in [6.45, 7) is 3.80. The zero-order valence-corrected chi connectivity index (χ0v) is 12.7. The maximum absolute atomic E-state index is 5.98. The third-order valence-electron chi connectivity index (χ3n) is 2.31. The van der Waals surface area contributed by atoms with Gasteiger partial charge in [0.2, 0.25) is 0 Å². The number of nitrogens with zero attached hydrogens (tertiary/aromatic N) is 3. The molecule has 1 heterocycles. The molecule has 4 nitrogen and oxygen atoms in total. The quantitative estimate of drug-likeness (QED) is 0.896. The van der Waals surface area contributed by atoms with Crippen molar-refractivity contribution in [2.75, 3.05) is 0 Å². The Morgan fingerprint density at radius 3 is 2.53 bits per heavy atom. The number of halogens is 2. The molecule has 2 aromatic rings. The number of aromatic nitrogens is 3. The Kier molecular flexibility index (Phi) is 3.38. The van der Waals surface area contributed by atoms with Crippen molar-refractivity contribution in [2.24, 2.45) is 5.73 Å². The van der Waals surface area contributed by atoms with Crippen molar-refractivity contribution in [1.29, 1.82) is 0 Å². The second kappa shape index (κ2) is 4.51. The average molecular weight is 360 g/mol. The lowest BCUT2D eigenvalue weighted by atomic mass is 10.0. The highest BCUT2D eigenvalue weighted by Gasteiger charge is 2.19. The highest BCUT2D eigenvalue weighted by molar-refractivity contribution is 9.11. The van der Waals surface area contributed by atoms with E-state index in [1.165, 1.54) is 0 Å². The number of hydrogen-bond donors (Lipinski definition) is 1. The molecule has 0 radical (unpaired) electrons. The smallest absolute Gasteiger partial charge is 0.102 e. The van der Waals surface area contributed by atoms with Crippen molar-refractivity contribution in [3.8, 4) is 5.69 Å². The van der Waals surface area contributed by atoms with Crippen LogP contribution in [0.5, 0.6) is 0 Å². The van der Waals surface area contributed by atoms with Crippen LogP contribution < -0.4 is 5.73 Å². The molecule has 0 bridgehead atoms. The number of rotatable bonds is 2. The molecule has 17 heavy (non-hydrogen) atoms. The summed E-state index contributed by atoms with van der Waals surface area (Å²) in [5.74, 6) is 0. The highest BCUT2D eigenvalue weighted by Crippen LogP contribution is 2.25. The molecule has 0 spiro atoms. The van der Waals surface area contributed by atoms with Gasteiger partial charge in [-0.2, -0.15) is 0 Å². The van der Waals surface area contributed by atoms with Gasteiger partial charge in [-0.3, -0.25) is 0 Å². The first-order valence-corrected chi connectivity index (χ1v) is 6.63. The van der Waals surface area contributed by atoms with E-state index in [9.17, 15) is 0 Å². The fourth-order valence-electron chi connectivity index (χ4n) is 1.34. The minimum atomic E-state index is -0.486. The molecular formula is C11H12Br2N4. The molecule has 2 N–H and O–H groups in total. The summed E-state index contributed by atoms with van der Waals surface area (Å²) in [6.07, 6.45) is 1.84. The third kappa shape index (κ3) is 2.75. The second-order valence-electron chi connectivity index (χ2n) is 4.37. The van der Waals surface area contributed by atoms with E-state index in [4.69, 9.17) is 5.73 Å². The molecule has 0 atom stereocenters. The Morgan fingerprint density at radius 1 is 1.29 bits per heavy atom. The van der Waals surface area contributed by atoms with E-state index >= 15 is 0 Å². The van der Waals surface area contributed by atoms with E-state index in [0.717, 1.165) is 20.3 Å². The molecule has 0 aliphatic rings. The molecule has 1 aromatic carbocycles. The highest BCUT2D eigenvalue weighted by atomic mass is 79.9. The maximum Gasteiger partial charge on any atom is 0.102 e. The van der Waals surface area contributed by atoms with Gasteiger partial charge in [-0.15, -0.1) is 5.10 Å². The molecule has 0 aliphatic heterocycles. The van der Waals surface area contributed by atoms with E-state index in [-0.39, 0.29) is 0 Å². The predicted molar refractivity (Wildman–Crippen MR) is 74.0 cm³/mol. The standard InChI is InChI=1S/C11H12Br2N4/c1-11(2,14)10-6-17(16-15-10)9-4-3-7(12)5-8(9)13/h3-6H,14H2,1-2H3. The molecule has 0 aliphatic carbocycles. The second-order valence-corrected chi connectivity index (χ2v) is 6.14. The predicted octanol–water partition coefficient (Wildman–Crippen LogP) is 2.99. The lowest BCUT2D eigenvalue weighted by Crippen LogP contribution is -2.29. The van der Waals surface area contributed by atoms with Crippen molar-refractivity contribution >= 4 is 31.9 Å². The molecule has 0 unspecified atom stereocenters. The van der Waals surface area contributed by atoms with E-state index in [0.29, 0.717) is 0 Å². The van der Waals surface area contributed by atoms with Crippen molar-refractivity contribution in [2.45, 2.75) is 19.4 Å². The Balaban J connectivity index is 2.44. The first-order chi connectivity index (χ1) is 7.88. The minimum absolute atomic E-state index is 0.486. The van der Waals surface area contributed by atoms with E-state index in [2.05, 4.69) is 42.2 Å². The van der Waals surface area contributed by atoms with E-state index in [1.807, 2.05) is 38.2 Å². The Hall–Kier alpha value is -0.720. The number of nitrogens with two attached hydrogens (primary N) is 1. The van der Waals surface area contributed by atoms with Gasteiger partial charge in [0.15, 0.2) is 0 Å². The molecule has 90 valence electrons. The summed E-state index contributed by atoms with van der Waals surface area (Å²) in [6, 6.07) is 5.87. The SMILES string of the molecule is CC(C)(N)c1cn(-c2ccc(Br)cc2Br)nn1. The first-order valence-electron chi connectivity index (χ1n) is 5.05. The number of hydrogen-bond acceptors (Lipinski definition) is 3. The van der Waals surface area contributed by atoms with Crippen molar-refractivity contribution in [3.05, 3.63) is 39.0 Å². The summed E-state index contributed by atoms with van der Waals surface area (Å²) >= 11 is 6.90. The lowest BCUT2D eigenvalue weighted by molar-refractivity contribution is 0.533. The summed E-state index contributed by atoms with van der Waals surface area (Å²) in [4.78, 5) is 0. The summed E-state index contributed by atoms with van der Waals surface area (Å²) in [5.41, 5.74) is 7.17. The van der Waals surface area contributed by atoms with Crippen LogP contribution in [0.1, 0.15) is 19.5 Å². The van der Waals surface area contributed by atoms with Gasteiger partial charge in [0.1, 0.15) is 5.69 Å². The van der Waals surface area contributed by atoms with Crippen LogP contribution in [-0.4, -0.2) is 15.0 Å². The van der Waals surface area contributed by atoms with Gasteiger partial charge in [-0.05, 0) is 48.0 Å². The van der Waals surface area contributed by atoms with Gasteiger partial charge in [0.25, 0.3) is 0 Å². The number of benzene rings is 1. The fourth-order valence-corrected chi connectivity index (χ4v) is 2.57. The van der Waals surface area contributed by atoms with Crippen molar-refractivity contribution in [3.63, 3.8) is 0 Å². The topological polar surface area (TPSA) is 56.7 Å². The molecule has 0 saturated carbocycles. The largest absolute Gasteiger partial charge is 0.320 e. The normalized spacial score (nSPS) is 11.8. The molecule has 0 fully saturated rings. The maximum atomic E-state index is 5.98. The van der Waals surface area contributed by atoms with E-state index < -0.39 is 5.54 Å². The van der Waals surface area contributed by atoms with Crippen LogP contribution in [0, 0.1) is 0 Å². The third-order valence-corrected chi connectivity index (χ3v) is 3.44. The average Bonchev–Trinajstić information content (AvgIpc) is 2.65. The van der Waals surface area contributed by atoms with Crippen LogP contribution in [0.15, 0.2) is 33.3 Å². The Bertz CT molecular complexity index is 543. The zero-order valence-electron chi connectivity index (χ0n) is 9.48. The Labute approximate surface area is 116 Å². The lowest BCUT2D eigenvalue weighted by Gasteiger charge is -2.13. The summed E-state index contributed by atoms with van der Waals surface area (Å²) in [5, 5.41) is 8.17. The van der Waals surface area contributed by atoms with E-state index in [1.54, 1.807) is 4.68 Å². The molecule has 6 heteroatoms. The molecule has 1 aromatic heterocycles. The van der Waals surface area contributed by atoms with Crippen LogP contribution in [0.25, 0.3) is 5.69 Å². The summed E-state index contributed by atoms with van der Waals surface area (Å²) in [7, 11) is 0. The van der Waals surface area contributed by atoms with Gasteiger partial charge in [0, 0.05) is 8.95 Å².